The van der Waals surface area contributed by atoms with Crippen LogP contribution in [-0.2, 0) is 0 Å². The molecule has 0 amide bonds. The van der Waals surface area contributed by atoms with Gasteiger partial charge in [-0.05, 0) is 56.8 Å². The van der Waals surface area contributed by atoms with Gasteiger partial charge in [0.1, 0.15) is 0 Å². The zero-order valence-electron chi connectivity index (χ0n) is 11.6. The number of aliphatic hydroxyl groups excluding tert-OH is 1. The molecule has 3 rings (SSSR count). The van der Waals surface area contributed by atoms with Crippen molar-refractivity contribution in [3.05, 3.63) is 34.3 Å². The molecule has 2 fully saturated rings. The molecule has 104 valence electrons. The van der Waals surface area contributed by atoms with E-state index in [9.17, 15) is 5.11 Å². The van der Waals surface area contributed by atoms with Crippen LogP contribution in [0.4, 0.5) is 0 Å². The Labute approximate surface area is 123 Å². The molecule has 2 nitrogen and oxygen atoms in total. The maximum Gasteiger partial charge on any atom is 0.0561 e. The van der Waals surface area contributed by atoms with Crippen LogP contribution < -0.4 is 0 Å². The highest BCUT2D eigenvalue weighted by molar-refractivity contribution is 9.10. The van der Waals surface area contributed by atoms with Crippen molar-refractivity contribution in [1.82, 2.24) is 4.90 Å². The number of halogens is 1. The lowest BCUT2D eigenvalue weighted by atomic mass is 9.74. The second-order valence-electron chi connectivity index (χ2n) is 6.18. The van der Waals surface area contributed by atoms with Crippen LogP contribution in [0.25, 0.3) is 0 Å². The average Bonchev–Trinajstić information content (AvgIpc) is 2.63. The fraction of sp³-hybridized carbons (Fsp3) is 0.625. The molecule has 3 heteroatoms. The predicted molar refractivity (Wildman–Crippen MR) is 81.2 cm³/mol. The second-order valence-corrected chi connectivity index (χ2v) is 7.09. The van der Waals surface area contributed by atoms with Crippen LogP contribution in [0.5, 0.6) is 0 Å². The lowest BCUT2D eigenvalue weighted by molar-refractivity contribution is 0.0137. The molecule has 1 aromatic carbocycles. The summed E-state index contributed by atoms with van der Waals surface area (Å²) in [5.74, 6) is 0.867. The predicted octanol–water partition coefficient (Wildman–Crippen LogP) is 3.40. The van der Waals surface area contributed by atoms with E-state index in [4.69, 9.17) is 0 Å². The summed E-state index contributed by atoms with van der Waals surface area (Å²) < 4.78 is 1.13. The van der Waals surface area contributed by atoms with Gasteiger partial charge in [-0.25, -0.2) is 0 Å². The van der Waals surface area contributed by atoms with Gasteiger partial charge in [-0.2, -0.15) is 0 Å². The first kappa shape index (κ1) is 13.6. The molecular weight excluding hydrogens is 302 g/mol. The van der Waals surface area contributed by atoms with Crippen LogP contribution in [0.15, 0.2) is 28.7 Å². The molecule has 2 bridgehead atoms. The van der Waals surface area contributed by atoms with Gasteiger partial charge in [0.2, 0.25) is 0 Å². The Morgan fingerprint density at radius 1 is 1.26 bits per heavy atom. The van der Waals surface area contributed by atoms with Crippen LogP contribution in [0.3, 0.4) is 0 Å². The van der Waals surface area contributed by atoms with Crippen molar-refractivity contribution in [3.63, 3.8) is 0 Å². The SMILES string of the molecule is CC(O)[C@H]1[C@@H](c2ccc(Br)cc2)C[C@@H]2CC[C@H]1N2C. The number of hydrogen-bond donors (Lipinski definition) is 1. The van der Waals surface area contributed by atoms with E-state index in [0.717, 1.165) is 4.47 Å². The number of nitrogens with zero attached hydrogens (tertiary/aromatic N) is 1. The molecule has 2 heterocycles. The Kier molecular flexibility index (Phi) is 3.71. The minimum absolute atomic E-state index is 0.236. The van der Waals surface area contributed by atoms with E-state index in [1.54, 1.807) is 0 Å². The largest absolute Gasteiger partial charge is 0.393 e. The third-order valence-electron chi connectivity index (χ3n) is 5.18. The lowest BCUT2D eigenvalue weighted by Crippen LogP contribution is -2.49. The third-order valence-corrected chi connectivity index (χ3v) is 5.71. The molecular formula is C16H22BrNO. The summed E-state index contributed by atoms with van der Waals surface area (Å²) in [4.78, 5) is 2.51. The lowest BCUT2D eigenvalue weighted by Gasteiger charge is -2.44. The summed E-state index contributed by atoms with van der Waals surface area (Å²) in [6.45, 7) is 1.96. The van der Waals surface area contributed by atoms with Crippen LogP contribution in [0.1, 0.15) is 37.7 Å². The molecule has 5 atom stereocenters. The first-order valence-corrected chi connectivity index (χ1v) is 8.02. The Hall–Kier alpha value is -0.380. The molecule has 2 saturated heterocycles. The van der Waals surface area contributed by atoms with Gasteiger partial charge in [0.25, 0.3) is 0 Å². The number of hydrogen-bond acceptors (Lipinski definition) is 2. The van der Waals surface area contributed by atoms with Crippen LogP contribution in [0.2, 0.25) is 0 Å². The second kappa shape index (κ2) is 5.19. The van der Waals surface area contributed by atoms with E-state index in [1.165, 1.54) is 24.8 Å². The first-order valence-electron chi connectivity index (χ1n) is 7.23. The summed E-state index contributed by atoms with van der Waals surface area (Å²) in [6, 6.07) is 9.92. The zero-order chi connectivity index (χ0) is 13.6. The highest BCUT2D eigenvalue weighted by Crippen LogP contribution is 2.47. The van der Waals surface area contributed by atoms with E-state index >= 15 is 0 Å². The maximum absolute atomic E-state index is 10.3. The Bertz CT molecular complexity index is 445. The van der Waals surface area contributed by atoms with Crippen molar-refractivity contribution in [1.29, 1.82) is 0 Å². The van der Waals surface area contributed by atoms with Gasteiger partial charge in [-0.1, -0.05) is 28.1 Å². The molecule has 2 aliphatic rings. The fourth-order valence-electron chi connectivity index (χ4n) is 4.23. The van der Waals surface area contributed by atoms with Crippen molar-refractivity contribution < 1.29 is 5.11 Å². The molecule has 0 aromatic heterocycles. The van der Waals surface area contributed by atoms with Crippen molar-refractivity contribution in [2.24, 2.45) is 5.92 Å². The Morgan fingerprint density at radius 3 is 2.58 bits per heavy atom. The van der Waals surface area contributed by atoms with Crippen molar-refractivity contribution in [2.75, 3.05) is 7.05 Å². The minimum atomic E-state index is -0.236. The van der Waals surface area contributed by atoms with Gasteiger partial charge in [0.15, 0.2) is 0 Å². The molecule has 19 heavy (non-hydrogen) atoms. The number of aliphatic hydroxyl groups is 1. The molecule has 0 spiro atoms. The monoisotopic (exact) mass is 323 g/mol. The summed E-state index contributed by atoms with van der Waals surface area (Å²) in [7, 11) is 2.23. The van der Waals surface area contributed by atoms with Gasteiger partial charge in [-0.15, -0.1) is 0 Å². The standard InChI is InChI=1S/C16H22BrNO/c1-10(19)16-14(11-3-5-12(17)6-4-11)9-13-7-8-15(16)18(13)2/h3-6,10,13-16,19H,7-9H2,1-2H3/t10?,13-,14+,15+,16-/m0/s1. The van der Waals surface area contributed by atoms with Gasteiger partial charge in [0, 0.05) is 22.5 Å². The quantitative estimate of drug-likeness (QED) is 0.901. The summed E-state index contributed by atoms with van der Waals surface area (Å²) >= 11 is 3.50. The smallest absolute Gasteiger partial charge is 0.0561 e. The molecule has 2 aliphatic heterocycles. The van der Waals surface area contributed by atoms with E-state index in [0.29, 0.717) is 23.9 Å². The van der Waals surface area contributed by atoms with Gasteiger partial charge >= 0.3 is 0 Å². The maximum atomic E-state index is 10.3. The number of piperidine rings is 1. The van der Waals surface area contributed by atoms with E-state index in [-0.39, 0.29) is 6.10 Å². The van der Waals surface area contributed by atoms with Crippen LogP contribution in [-0.4, -0.2) is 35.2 Å². The average molecular weight is 324 g/mol. The van der Waals surface area contributed by atoms with Crippen molar-refractivity contribution >= 4 is 15.9 Å². The number of fused-ring (bicyclic) bond motifs is 2. The van der Waals surface area contributed by atoms with E-state index < -0.39 is 0 Å². The van der Waals surface area contributed by atoms with Crippen LogP contribution in [0, 0.1) is 5.92 Å². The summed E-state index contributed by atoms with van der Waals surface area (Å²) in [5.41, 5.74) is 1.39. The van der Waals surface area contributed by atoms with Crippen LogP contribution >= 0.6 is 15.9 Å². The van der Waals surface area contributed by atoms with Gasteiger partial charge in [0.05, 0.1) is 6.10 Å². The van der Waals surface area contributed by atoms with Crippen molar-refractivity contribution in [2.45, 2.75) is 50.3 Å². The summed E-state index contributed by atoms with van der Waals surface area (Å²) in [6.07, 6.45) is 3.48. The number of benzene rings is 1. The molecule has 1 aromatic rings. The molecule has 0 aliphatic carbocycles. The molecule has 0 saturated carbocycles. The Balaban J connectivity index is 1.93. The Morgan fingerprint density at radius 2 is 1.95 bits per heavy atom. The topological polar surface area (TPSA) is 23.5 Å². The number of rotatable bonds is 2. The van der Waals surface area contributed by atoms with E-state index in [2.05, 4.69) is 52.1 Å². The van der Waals surface area contributed by atoms with E-state index in [1.807, 2.05) is 6.92 Å². The zero-order valence-corrected chi connectivity index (χ0v) is 13.2. The fourth-order valence-corrected chi connectivity index (χ4v) is 4.50. The van der Waals surface area contributed by atoms with Gasteiger partial charge < -0.3 is 10.0 Å². The molecule has 0 radical (unpaired) electrons. The van der Waals surface area contributed by atoms with Gasteiger partial charge in [-0.3, -0.25) is 0 Å². The molecule has 1 N–H and O–H groups in total. The summed E-state index contributed by atoms with van der Waals surface area (Å²) in [5, 5.41) is 10.3. The molecule has 1 unspecified atom stereocenters. The highest BCUT2D eigenvalue weighted by atomic mass is 79.9. The highest BCUT2D eigenvalue weighted by Gasteiger charge is 2.47. The normalized spacial score (nSPS) is 36.4. The van der Waals surface area contributed by atoms with Crippen molar-refractivity contribution in [3.8, 4) is 0 Å². The minimum Gasteiger partial charge on any atom is -0.393 e. The third kappa shape index (κ3) is 2.37. The first-order chi connectivity index (χ1) is 9.08.